The molecular formula is C4H8O2Rf2. The molecule has 0 saturated carbocycles. The molecule has 0 rings (SSSR count). The van der Waals surface area contributed by atoms with Gasteiger partial charge in [-0.2, -0.15) is 0 Å². The van der Waals surface area contributed by atoms with Crippen LogP contribution in [0.5, 0.6) is 0 Å². The van der Waals surface area contributed by atoms with Crippen molar-refractivity contribution in [3.63, 3.8) is 0 Å². The van der Waals surface area contributed by atoms with Gasteiger partial charge in [-0.25, -0.2) is 0 Å². The van der Waals surface area contributed by atoms with Crippen LogP contribution in [0.2, 0.25) is 0 Å². The largest absolute Gasteiger partial charge is 0.392 e. The molecule has 0 aliphatic carbocycles. The molecule has 0 unspecified atom stereocenters. The number of aliphatic hydroxyl groups is 2. The number of hydrogen-bond acceptors (Lipinski definition) is 2. The fourth-order valence-electron chi connectivity index (χ4n) is 0.149. The van der Waals surface area contributed by atoms with Gasteiger partial charge in [-0.15, -0.1) is 0 Å². The Kier molecular flexibility index (Phi) is 49.2. The summed E-state index contributed by atoms with van der Waals surface area (Å²) in [5, 5.41) is 16.0. The van der Waals surface area contributed by atoms with Crippen LogP contribution in [-0.2, 0) is 0 Å². The van der Waals surface area contributed by atoms with Gasteiger partial charge in [-0.1, -0.05) is 12.2 Å². The minimum absolute atomic E-state index is 0. The molecule has 0 spiro atoms. The van der Waals surface area contributed by atoms with E-state index in [0.717, 1.165) is 0 Å². The molecule has 0 aromatic carbocycles. The fraction of sp³-hybridized carbons (Fsp3) is 0.500. The number of hydrogen-bond donors (Lipinski definition) is 2. The van der Waals surface area contributed by atoms with Crippen LogP contribution in [0.1, 0.15) is 0 Å². The quantitative estimate of drug-likeness (QED) is 0.410. The zero-order chi connectivity index (χ0) is 4.83. The Balaban J connectivity index is -0.000000125. The van der Waals surface area contributed by atoms with Gasteiger partial charge in [0.15, 0.2) is 0 Å². The predicted octanol–water partition coefficient (Wildman–Crippen LogP) is -0.473. The van der Waals surface area contributed by atoms with Crippen LogP contribution in [0.15, 0.2) is 12.2 Å². The smallest absolute Gasteiger partial charge is 0.0613 e. The molecule has 0 heterocycles. The maximum Gasteiger partial charge on any atom is 0.0613 e. The summed E-state index contributed by atoms with van der Waals surface area (Å²) in [5.41, 5.74) is 0. The van der Waals surface area contributed by atoms with Gasteiger partial charge in [-0.05, 0) is 0 Å². The molecule has 0 bridgehead atoms. The van der Waals surface area contributed by atoms with Crippen molar-refractivity contribution >= 4 is 0 Å². The Morgan fingerprint density at radius 1 is 0.875 bits per heavy atom. The van der Waals surface area contributed by atoms with Gasteiger partial charge in [0.1, 0.15) is 0 Å². The predicted molar refractivity (Wildman–Crippen MR) is 23.3 cm³/mol. The Morgan fingerprint density at radius 3 is 1.25 bits per heavy atom. The van der Waals surface area contributed by atoms with E-state index in [0.29, 0.717) is 0 Å². The molecular weight excluding hydrogens is 614 g/mol. The zero-order valence-corrected chi connectivity index (χ0v) is 17.7. The van der Waals surface area contributed by atoms with Crippen molar-refractivity contribution in [2.24, 2.45) is 0 Å². The first-order valence-electron chi connectivity index (χ1n) is 1.78. The first-order chi connectivity index (χ1) is 2.91. The van der Waals surface area contributed by atoms with Crippen LogP contribution >= 0.6 is 0 Å². The SMILES string of the molecule is OC/C=C/CO.[Rf].[Rf]. The van der Waals surface area contributed by atoms with E-state index < -0.39 is 0 Å². The van der Waals surface area contributed by atoms with Crippen molar-refractivity contribution in [3.05, 3.63) is 12.2 Å². The van der Waals surface area contributed by atoms with E-state index in [1.54, 1.807) is 0 Å². The van der Waals surface area contributed by atoms with Crippen molar-refractivity contribution in [1.29, 1.82) is 0 Å². The molecule has 0 amide bonds. The van der Waals surface area contributed by atoms with Crippen molar-refractivity contribution in [2.45, 2.75) is 0 Å². The Bertz CT molecular complexity index is 41.3. The molecule has 40 valence electrons. The van der Waals surface area contributed by atoms with E-state index in [9.17, 15) is 0 Å². The molecule has 2 nitrogen and oxygen atoms in total. The van der Waals surface area contributed by atoms with Crippen LogP contribution < -0.4 is 0 Å². The van der Waals surface area contributed by atoms with Crippen molar-refractivity contribution in [2.75, 3.05) is 13.2 Å². The normalized spacial score (nSPS) is 7.75. The van der Waals surface area contributed by atoms with E-state index in [4.69, 9.17) is 10.2 Å². The molecule has 8 heavy (non-hydrogen) atoms. The summed E-state index contributed by atoms with van der Waals surface area (Å²) >= 11 is 0. The van der Waals surface area contributed by atoms with Gasteiger partial charge in [0.25, 0.3) is 0 Å². The van der Waals surface area contributed by atoms with Crippen LogP contribution in [0, 0.1) is 0 Å². The molecule has 4 heteroatoms. The average Bonchev–Trinajstić information content (AvgIpc) is 1.61. The third-order valence-corrected chi connectivity index (χ3v) is 0.377. The Hall–Kier alpha value is -2.34. The molecule has 0 aromatic heterocycles. The van der Waals surface area contributed by atoms with Crippen LogP contribution in [0.3, 0.4) is 0 Å². The monoisotopic (exact) mass is 622 g/mol. The molecule has 0 atom stereocenters. The minimum atomic E-state index is 0. The summed E-state index contributed by atoms with van der Waals surface area (Å²) in [4.78, 5) is 0. The number of aliphatic hydroxyl groups excluding tert-OH is 2. The second-order valence-corrected chi connectivity index (χ2v) is 0.837. The molecule has 2 N–H and O–H groups in total. The Morgan fingerprint density at radius 2 is 1.12 bits per heavy atom. The second kappa shape index (κ2) is 22.7. The van der Waals surface area contributed by atoms with Crippen LogP contribution in [0.25, 0.3) is 0 Å². The summed E-state index contributed by atoms with van der Waals surface area (Å²) in [6, 6.07) is 0. The van der Waals surface area contributed by atoms with Gasteiger partial charge in [-0.3, -0.25) is 0 Å². The average molecular weight is 622 g/mol. The van der Waals surface area contributed by atoms with Gasteiger partial charge in [0.05, 0.1) is 13.2 Å². The summed E-state index contributed by atoms with van der Waals surface area (Å²) in [5.74, 6) is 0. The van der Waals surface area contributed by atoms with E-state index in [1.165, 1.54) is 12.2 Å². The van der Waals surface area contributed by atoms with Crippen LogP contribution in [-0.4, -0.2) is 23.4 Å². The van der Waals surface area contributed by atoms with Crippen molar-refractivity contribution in [1.82, 2.24) is 0 Å². The van der Waals surface area contributed by atoms with Gasteiger partial charge >= 0.3 is 0 Å². The Labute approximate surface area is 36.7 Å². The summed E-state index contributed by atoms with van der Waals surface area (Å²) in [6.07, 6.45) is 2.97. The topological polar surface area (TPSA) is 40.5 Å². The summed E-state index contributed by atoms with van der Waals surface area (Å²) in [7, 11) is 0. The van der Waals surface area contributed by atoms with Gasteiger partial charge < -0.3 is 10.2 Å². The van der Waals surface area contributed by atoms with E-state index in [2.05, 4.69) is 0 Å². The molecule has 0 fully saturated rings. The van der Waals surface area contributed by atoms with Crippen molar-refractivity contribution in [3.8, 4) is 0 Å². The molecule has 0 radical (unpaired) electrons. The van der Waals surface area contributed by atoms with Crippen LogP contribution in [0.4, 0.5) is 0 Å². The molecule has 0 aliphatic rings. The minimum Gasteiger partial charge on any atom is -0.392 e. The van der Waals surface area contributed by atoms with Gasteiger partial charge in [0.2, 0.25) is 0 Å². The first kappa shape index (κ1) is 17.4. The first-order valence-corrected chi connectivity index (χ1v) is 1.78. The fourth-order valence-corrected chi connectivity index (χ4v) is 0.149. The van der Waals surface area contributed by atoms with Gasteiger partial charge in [0, 0.05) is 0 Å². The third kappa shape index (κ3) is 59.5. The maximum atomic E-state index is 8.00. The molecule has 0 saturated heterocycles. The third-order valence-electron chi connectivity index (χ3n) is 0.377. The second-order valence-electron chi connectivity index (χ2n) is 0.837. The molecule has 0 aliphatic heterocycles. The van der Waals surface area contributed by atoms with E-state index in [-0.39, 0.29) is 13.2 Å². The van der Waals surface area contributed by atoms with Crippen molar-refractivity contribution < 1.29 is 10.2 Å². The van der Waals surface area contributed by atoms with E-state index >= 15 is 0 Å². The summed E-state index contributed by atoms with van der Waals surface area (Å²) in [6.45, 7) is 0.0289. The standard InChI is InChI=1S/C4H8O2.2Rf/c5-3-1-2-4-6;;/h1-2,5-6H,3-4H2;;/b2-1+;;. The maximum absolute atomic E-state index is 8.00. The summed E-state index contributed by atoms with van der Waals surface area (Å²) < 4.78 is 0. The number of rotatable bonds is 2. The van der Waals surface area contributed by atoms with E-state index in [1.807, 2.05) is 0 Å². The molecule has 0 aromatic rings. The zero-order valence-electron chi connectivity index (χ0n) is 4.88.